The number of aromatic carboxylic acids is 1. The van der Waals surface area contributed by atoms with Gasteiger partial charge in [0.2, 0.25) is 0 Å². The first kappa shape index (κ1) is 22.1. The van der Waals surface area contributed by atoms with Crippen molar-refractivity contribution >= 4 is 35.0 Å². The van der Waals surface area contributed by atoms with Crippen LogP contribution in [0, 0.1) is 5.92 Å². The molecule has 0 saturated carbocycles. The van der Waals surface area contributed by atoms with Crippen LogP contribution in [-0.2, 0) is 0 Å². The minimum atomic E-state index is -1.03. The third kappa shape index (κ3) is 5.70. The zero-order valence-electron chi connectivity index (χ0n) is 17.2. The van der Waals surface area contributed by atoms with E-state index in [-0.39, 0.29) is 11.5 Å². The van der Waals surface area contributed by atoms with E-state index < -0.39 is 5.97 Å². The molecule has 30 heavy (non-hydrogen) atoms. The lowest BCUT2D eigenvalue weighted by molar-refractivity contribution is 0.0696. The molecule has 0 radical (unpaired) electrons. The molecular formula is C22H27ClN4O3. The molecular weight excluding hydrogens is 404 g/mol. The molecule has 1 saturated heterocycles. The summed E-state index contributed by atoms with van der Waals surface area (Å²) in [5, 5.41) is 15.9. The Kier molecular flexibility index (Phi) is 7.29. The molecule has 1 fully saturated rings. The van der Waals surface area contributed by atoms with Crippen LogP contribution >= 0.6 is 11.6 Å². The number of aromatic nitrogens is 1. The Morgan fingerprint density at radius 3 is 2.57 bits per heavy atom. The lowest BCUT2D eigenvalue weighted by Crippen LogP contribution is -2.39. The highest BCUT2D eigenvalue weighted by Gasteiger charge is 2.22. The molecule has 1 aliphatic rings. The summed E-state index contributed by atoms with van der Waals surface area (Å²) >= 11 is 5.83. The highest BCUT2D eigenvalue weighted by molar-refractivity contribution is 6.30. The second-order valence-electron chi connectivity index (χ2n) is 7.84. The van der Waals surface area contributed by atoms with Gasteiger partial charge in [-0.2, -0.15) is 0 Å². The number of carboxylic acid groups (broad SMARTS) is 1. The van der Waals surface area contributed by atoms with Gasteiger partial charge in [0.15, 0.2) is 0 Å². The first-order chi connectivity index (χ1) is 14.3. The monoisotopic (exact) mass is 430 g/mol. The maximum Gasteiger partial charge on any atom is 0.335 e. The second kappa shape index (κ2) is 9.91. The average molecular weight is 431 g/mol. The molecule has 0 aliphatic carbocycles. The minimum Gasteiger partial charge on any atom is -0.478 e. The summed E-state index contributed by atoms with van der Waals surface area (Å²) in [5.74, 6) is -0.547. The summed E-state index contributed by atoms with van der Waals surface area (Å²) in [7, 11) is 0. The summed E-state index contributed by atoms with van der Waals surface area (Å²) < 4.78 is 0. The fourth-order valence-electron chi connectivity index (χ4n) is 3.58. The van der Waals surface area contributed by atoms with Crippen LogP contribution in [0.25, 0.3) is 0 Å². The molecule has 7 nitrogen and oxygen atoms in total. The topological polar surface area (TPSA) is 94.6 Å². The van der Waals surface area contributed by atoms with Crippen LogP contribution in [0.3, 0.4) is 0 Å². The number of anilines is 2. The second-order valence-corrected chi connectivity index (χ2v) is 8.27. The predicted octanol–water partition coefficient (Wildman–Crippen LogP) is 4.22. The molecule has 0 unspecified atom stereocenters. The number of likely N-dealkylation sites (tertiary alicyclic amines) is 1. The maximum atomic E-state index is 12.8. The number of nitrogens with zero attached hydrogens (tertiary/aromatic N) is 2. The van der Waals surface area contributed by atoms with Crippen LogP contribution in [0.2, 0.25) is 5.02 Å². The number of pyridine rings is 1. The van der Waals surface area contributed by atoms with Crippen molar-refractivity contribution in [3.63, 3.8) is 0 Å². The van der Waals surface area contributed by atoms with Gasteiger partial charge >= 0.3 is 5.97 Å². The number of nitrogens with one attached hydrogen (secondary N) is 2. The van der Waals surface area contributed by atoms with E-state index in [1.165, 1.54) is 24.4 Å². The average Bonchev–Trinajstić information content (AvgIpc) is 2.73. The van der Waals surface area contributed by atoms with Crippen LogP contribution in [-0.4, -0.2) is 52.5 Å². The number of hydrogen-bond donors (Lipinski definition) is 3. The number of piperidine rings is 1. The molecule has 3 rings (SSSR count). The van der Waals surface area contributed by atoms with Gasteiger partial charge in [-0.05, 0) is 76.0 Å². The fraction of sp³-hybridized carbons (Fsp3) is 0.409. The lowest BCUT2D eigenvalue weighted by atomic mass is 9.95. The van der Waals surface area contributed by atoms with Crippen molar-refractivity contribution in [3.05, 3.63) is 52.7 Å². The zero-order valence-corrected chi connectivity index (χ0v) is 17.9. The smallest absolute Gasteiger partial charge is 0.335 e. The third-order valence-corrected chi connectivity index (χ3v) is 5.66. The van der Waals surface area contributed by atoms with Crippen molar-refractivity contribution in [1.29, 1.82) is 0 Å². The third-order valence-electron chi connectivity index (χ3n) is 5.44. The van der Waals surface area contributed by atoms with Gasteiger partial charge < -0.3 is 20.6 Å². The van der Waals surface area contributed by atoms with Gasteiger partial charge in [-0.3, -0.25) is 4.79 Å². The highest BCUT2D eigenvalue weighted by atomic mass is 35.5. The van der Waals surface area contributed by atoms with Crippen LogP contribution in [0.15, 0.2) is 36.5 Å². The Morgan fingerprint density at radius 1 is 1.23 bits per heavy atom. The van der Waals surface area contributed by atoms with Crippen LogP contribution in [0.1, 0.15) is 47.4 Å². The Morgan fingerprint density at radius 2 is 1.97 bits per heavy atom. The minimum absolute atomic E-state index is 0.133. The first-order valence-electron chi connectivity index (χ1n) is 10.1. The van der Waals surface area contributed by atoms with E-state index >= 15 is 0 Å². The fourth-order valence-corrected chi connectivity index (χ4v) is 3.69. The zero-order chi connectivity index (χ0) is 21.7. The Hall–Kier alpha value is -2.64. The van der Waals surface area contributed by atoms with E-state index in [2.05, 4.69) is 34.4 Å². The standard InChI is InChI=1S/C22H27ClN4O3/c1-14(2)27-9-7-15(8-10-27)12-24-19-11-16(22(29)30)3-5-18(19)21(28)26-20-6-4-17(23)13-25-20/h3-6,11,13-15,24H,7-10,12H2,1-2H3,(H,29,30)(H,25,26,28). The largest absolute Gasteiger partial charge is 0.478 e. The molecule has 160 valence electrons. The molecule has 0 bridgehead atoms. The van der Waals surface area contributed by atoms with Crippen LogP contribution in [0.5, 0.6) is 0 Å². The molecule has 2 heterocycles. The lowest BCUT2D eigenvalue weighted by Gasteiger charge is -2.34. The maximum absolute atomic E-state index is 12.8. The first-order valence-corrected chi connectivity index (χ1v) is 10.5. The number of carbonyl (C=O) groups excluding carboxylic acids is 1. The molecule has 1 aliphatic heterocycles. The van der Waals surface area contributed by atoms with Crippen LogP contribution in [0.4, 0.5) is 11.5 Å². The van der Waals surface area contributed by atoms with Crippen molar-refractivity contribution in [2.75, 3.05) is 30.3 Å². The van der Waals surface area contributed by atoms with Crippen LogP contribution < -0.4 is 10.6 Å². The van der Waals surface area contributed by atoms with Gasteiger partial charge in [-0.15, -0.1) is 0 Å². The SMILES string of the molecule is CC(C)N1CCC(CNc2cc(C(=O)O)ccc2C(=O)Nc2ccc(Cl)cn2)CC1. The highest BCUT2D eigenvalue weighted by Crippen LogP contribution is 2.23. The van der Waals surface area contributed by atoms with Crippen molar-refractivity contribution in [2.24, 2.45) is 5.92 Å². The van der Waals surface area contributed by atoms with E-state index in [4.69, 9.17) is 11.6 Å². The number of amides is 1. The Labute approximate surface area is 181 Å². The molecule has 0 spiro atoms. The van der Waals surface area contributed by atoms with E-state index in [9.17, 15) is 14.7 Å². The predicted molar refractivity (Wildman–Crippen MR) is 119 cm³/mol. The molecule has 1 aromatic heterocycles. The van der Waals surface area contributed by atoms with Gasteiger partial charge in [0.05, 0.1) is 16.1 Å². The summed E-state index contributed by atoms with van der Waals surface area (Å²) in [6, 6.07) is 8.26. The molecule has 1 amide bonds. The van der Waals surface area contributed by atoms with E-state index in [0.29, 0.717) is 40.6 Å². The summed E-state index contributed by atoms with van der Waals surface area (Å²) in [6.45, 7) is 7.20. The van der Waals surface area contributed by atoms with Gasteiger partial charge in [0.25, 0.3) is 5.91 Å². The number of carboxylic acids is 1. The van der Waals surface area contributed by atoms with Crippen molar-refractivity contribution in [3.8, 4) is 0 Å². The molecule has 8 heteroatoms. The Bertz CT molecular complexity index is 894. The van der Waals surface area contributed by atoms with E-state index in [0.717, 1.165) is 25.9 Å². The number of hydrogen-bond acceptors (Lipinski definition) is 5. The van der Waals surface area contributed by atoms with Crippen molar-refractivity contribution < 1.29 is 14.7 Å². The summed E-state index contributed by atoms with van der Waals surface area (Å²) in [6.07, 6.45) is 3.59. The van der Waals surface area contributed by atoms with Crippen molar-refractivity contribution in [1.82, 2.24) is 9.88 Å². The van der Waals surface area contributed by atoms with Crippen molar-refractivity contribution in [2.45, 2.75) is 32.7 Å². The van der Waals surface area contributed by atoms with Gasteiger partial charge in [0, 0.05) is 24.5 Å². The van der Waals surface area contributed by atoms with Gasteiger partial charge in [-0.1, -0.05) is 11.6 Å². The normalized spacial score (nSPS) is 15.2. The summed E-state index contributed by atoms with van der Waals surface area (Å²) in [5.41, 5.74) is 1.01. The Balaban J connectivity index is 1.71. The quantitative estimate of drug-likeness (QED) is 0.608. The molecule has 0 atom stereocenters. The molecule has 2 aromatic rings. The number of rotatable bonds is 7. The number of halogens is 1. The van der Waals surface area contributed by atoms with Gasteiger partial charge in [-0.25, -0.2) is 9.78 Å². The number of carbonyl (C=O) groups is 2. The molecule has 1 aromatic carbocycles. The number of benzene rings is 1. The van der Waals surface area contributed by atoms with Gasteiger partial charge in [0.1, 0.15) is 5.82 Å². The van der Waals surface area contributed by atoms with E-state index in [1.54, 1.807) is 12.1 Å². The summed E-state index contributed by atoms with van der Waals surface area (Å²) in [4.78, 5) is 30.7. The molecule has 3 N–H and O–H groups in total. The van der Waals surface area contributed by atoms with E-state index in [1.807, 2.05) is 0 Å².